The van der Waals surface area contributed by atoms with Crippen LogP contribution in [0, 0.1) is 0 Å². The van der Waals surface area contributed by atoms with Crippen molar-refractivity contribution >= 4 is 23.5 Å². The van der Waals surface area contributed by atoms with Crippen LogP contribution in [0.2, 0.25) is 5.02 Å². The highest BCUT2D eigenvalue weighted by Gasteiger charge is 2.31. The second-order valence-corrected chi connectivity index (χ2v) is 5.18. The van der Waals surface area contributed by atoms with Crippen LogP contribution in [-0.2, 0) is 4.79 Å². The molecule has 6 nitrogen and oxygen atoms in total. The molecule has 1 aromatic rings. The number of rotatable bonds is 2. The number of hydrogen-bond acceptors (Lipinski definition) is 4. The molecule has 21 heavy (non-hydrogen) atoms. The molecule has 2 aliphatic rings. The van der Waals surface area contributed by atoms with Crippen LogP contribution in [-0.4, -0.2) is 31.6 Å². The van der Waals surface area contributed by atoms with Gasteiger partial charge in [0.05, 0.1) is 18.2 Å². The third-order valence-electron chi connectivity index (χ3n) is 3.26. The van der Waals surface area contributed by atoms with Crippen LogP contribution in [0.1, 0.15) is 24.9 Å². The Kier molecular flexibility index (Phi) is 3.88. The van der Waals surface area contributed by atoms with Crippen molar-refractivity contribution in [2.75, 3.05) is 19.8 Å². The zero-order valence-electron chi connectivity index (χ0n) is 11.6. The van der Waals surface area contributed by atoms with E-state index < -0.39 is 6.04 Å². The summed E-state index contributed by atoms with van der Waals surface area (Å²) in [5.41, 5.74) is 0.725. The van der Waals surface area contributed by atoms with Crippen molar-refractivity contribution < 1.29 is 14.3 Å². The Bertz CT molecular complexity index is 603. The topological polar surface area (TPSA) is 72.0 Å². The van der Waals surface area contributed by atoms with E-state index in [4.69, 9.17) is 21.1 Å². The van der Waals surface area contributed by atoms with Gasteiger partial charge in [0.2, 0.25) is 0 Å². The second kappa shape index (κ2) is 5.81. The van der Waals surface area contributed by atoms with E-state index in [9.17, 15) is 4.79 Å². The summed E-state index contributed by atoms with van der Waals surface area (Å²) in [4.78, 5) is 16.2. The van der Waals surface area contributed by atoms with Gasteiger partial charge in [-0.25, -0.2) is 0 Å². The van der Waals surface area contributed by atoms with Gasteiger partial charge >= 0.3 is 0 Å². The highest BCUT2D eigenvalue weighted by atomic mass is 35.5. The highest BCUT2D eigenvalue weighted by Crippen LogP contribution is 2.39. The second-order valence-electron chi connectivity index (χ2n) is 4.77. The molecular weight excluding hydrogens is 294 g/mol. The summed E-state index contributed by atoms with van der Waals surface area (Å²) in [6.07, 6.45) is 0.801. The molecule has 1 fully saturated rings. The first-order chi connectivity index (χ1) is 10.2. The summed E-state index contributed by atoms with van der Waals surface area (Å²) >= 11 is 6.25. The molecule has 2 heterocycles. The predicted molar refractivity (Wildman–Crippen MR) is 79.1 cm³/mol. The first-order valence-corrected chi connectivity index (χ1v) is 7.27. The van der Waals surface area contributed by atoms with Crippen LogP contribution in [0.15, 0.2) is 17.1 Å². The fourth-order valence-corrected chi connectivity index (χ4v) is 2.60. The van der Waals surface area contributed by atoms with E-state index in [-0.39, 0.29) is 5.91 Å². The summed E-state index contributed by atoms with van der Waals surface area (Å²) in [6.45, 7) is 3.64. The Labute approximate surface area is 127 Å². The van der Waals surface area contributed by atoms with Crippen molar-refractivity contribution in [1.29, 1.82) is 0 Å². The van der Waals surface area contributed by atoms with Crippen LogP contribution in [0.3, 0.4) is 0 Å². The molecule has 1 saturated heterocycles. The molecule has 1 atom stereocenters. The number of halogens is 1. The number of nitrogens with zero attached hydrogens (tertiary/aromatic N) is 1. The van der Waals surface area contributed by atoms with Gasteiger partial charge in [0, 0.05) is 13.0 Å². The smallest absolute Gasteiger partial charge is 0.253 e. The summed E-state index contributed by atoms with van der Waals surface area (Å²) in [5, 5.41) is 6.19. The lowest BCUT2D eigenvalue weighted by molar-refractivity contribution is -0.120. The summed E-state index contributed by atoms with van der Waals surface area (Å²) in [5.74, 6) is 1.44. The summed E-state index contributed by atoms with van der Waals surface area (Å²) in [7, 11) is 0. The Morgan fingerprint density at radius 2 is 2.19 bits per heavy atom. The predicted octanol–water partition coefficient (Wildman–Crippen LogP) is 1.64. The lowest BCUT2D eigenvalue weighted by Gasteiger charge is -2.14. The molecule has 112 valence electrons. The Balaban J connectivity index is 1.93. The zero-order chi connectivity index (χ0) is 14.8. The van der Waals surface area contributed by atoms with Crippen LogP contribution in [0.25, 0.3) is 0 Å². The van der Waals surface area contributed by atoms with E-state index in [2.05, 4.69) is 15.6 Å². The standard InChI is InChI=1S/C14H16ClN3O3/c1-2-16-14-17-11(13(19)18-14)8-6-9(15)12-10(7-8)20-4-3-5-21-12/h6-7,11H,2-5H2,1H3,(H2,16,17,18,19). The Morgan fingerprint density at radius 1 is 1.38 bits per heavy atom. The fourth-order valence-electron chi connectivity index (χ4n) is 2.32. The van der Waals surface area contributed by atoms with Crippen LogP contribution in [0.5, 0.6) is 11.5 Å². The van der Waals surface area contributed by atoms with Crippen LogP contribution < -0.4 is 20.1 Å². The number of hydrogen-bond donors (Lipinski definition) is 2. The Hall–Kier alpha value is -1.95. The highest BCUT2D eigenvalue weighted by molar-refractivity contribution is 6.32. The number of ether oxygens (including phenoxy) is 2. The molecule has 0 bridgehead atoms. The molecule has 0 spiro atoms. The minimum Gasteiger partial charge on any atom is -0.489 e. The third kappa shape index (κ3) is 2.76. The van der Waals surface area contributed by atoms with Gasteiger partial charge in [0.25, 0.3) is 5.91 Å². The van der Waals surface area contributed by atoms with Gasteiger partial charge in [0.1, 0.15) is 6.04 Å². The van der Waals surface area contributed by atoms with Gasteiger partial charge in [-0.1, -0.05) is 11.6 Å². The van der Waals surface area contributed by atoms with E-state index in [1.807, 2.05) is 6.92 Å². The summed E-state index contributed by atoms with van der Waals surface area (Å²) in [6, 6.07) is 2.99. The van der Waals surface area contributed by atoms with Crippen molar-refractivity contribution in [2.24, 2.45) is 4.99 Å². The largest absolute Gasteiger partial charge is 0.489 e. The molecule has 2 N–H and O–H groups in total. The van der Waals surface area contributed by atoms with Crippen molar-refractivity contribution in [3.05, 3.63) is 22.7 Å². The molecular formula is C14H16ClN3O3. The number of aliphatic imine (C=N–C) groups is 1. The maximum Gasteiger partial charge on any atom is 0.253 e. The number of carbonyl (C=O) groups is 1. The maximum absolute atomic E-state index is 12.0. The van der Waals surface area contributed by atoms with Crippen molar-refractivity contribution in [1.82, 2.24) is 10.6 Å². The number of carbonyl (C=O) groups excluding carboxylic acids is 1. The molecule has 0 aliphatic carbocycles. The monoisotopic (exact) mass is 309 g/mol. The molecule has 2 aliphatic heterocycles. The number of fused-ring (bicyclic) bond motifs is 1. The van der Waals surface area contributed by atoms with Gasteiger partial charge < -0.3 is 14.8 Å². The molecule has 0 radical (unpaired) electrons. The average molecular weight is 310 g/mol. The zero-order valence-corrected chi connectivity index (χ0v) is 12.4. The van der Waals surface area contributed by atoms with Gasteiger partial charge in [-0.2, -0.15) is 0 Å². The van der Waals surface area contributed by atoms with E-state index in [0.29, 0.717) is 42.2 Å². The number of benzene rings is 1. The lowest BCUT2D eigenvalue weighted by Crippen LogP contribution is -2.25. The van der Waals surface area contributed by atoms with Gasteiger partial charge in [-0.05, 0) is 24.6 Å². The van der Waals surface area contributed by atoms with Crippen LogP contribution in [0.4, 0.5) is 0 Å². The first-order valence-electron chi connectivity index (χ1n) is 6.90. The first kappa shape index (κ1) is 14.0. The quantitative estimate of drug-likeness (QED) is 0.871. The number of nitrogens with one attached hydrogen (secondary N) is 2. The molecule has 7 heteroatoms. The minimum atomic E-state index is -0.523. The minimum absolute atomic E-state index is 0.159. The van der Waals surface area contributed by atoms with Crippen LogP contribution >= 0.6 is 11.6 Å². The van der Waals surface area contributed by atoms with Gasteiger partial charge in [-0.15, -0.1) is 0 Å². The van der Waals surface area contributed by atoms with E-state index >= 15 is 0 Å². The third-order valence-corrected chi connectivity index (χ3v) is 3.54. The molecule has 1 unspecified atom stereocenters. The average Bonchev–Trinajstić information content (AvgIpc) is 2.68. The molecule has 1 amide bonds. The van der Waals surface area contributed by atoms with Gasteiger partial charge in [0.15, 0.2) is 17.5 Å². The van der Waals surface area contributed by atoms with E-state index in [0.717, 1.165) is 12.0 Å². The molecule has 0 aromatic heterocycles. The molecule has 1 aromatic carbocycles. The normalized spacial score (nSPS) is 22.7. The molecule has 0 saturated carbocycles. The number of amides is 1. The summed E-state index contributed by atoms with van der Waals surface area (Å²) < 4.78 is 11.2. The van der Waals surface area contributed by atoms with E-state index in [1.54, 1.807) is 12.1 Å². The Morgan fingerprint density at radius 3 is 3.00 bits per heavy atom. The van der Waals surface area contributed by atoms with E-state index in [1.165, 1.54) is 0 Å². The van der Waals surface area contributed by atoms with Crippen molar-refractivity contribution in [3.63, 3.8) is 0 Å². The molecule has 3 rings (SSSR count). The van der Waals surface area contributed by atoms with Crippen molar-refractivity contribution in [3.8, 4) is 11.5 Å². The SMILES string of the molecule is CCN=C1NC(=O)C(c2cc(Cl)c3c(c2)OCCCO3)N1. The number of guanidine groups is 1. The van der Waals surface area contributed by atoms with Gasteiger partial charge in [-0.3, -0.25) is 15.1 Å². The maximum atomic E-state index is 12.0. The fraction of sp³-hybridized carbons (Fsp3) is 0.429. The van der Waals surface area contributed by atoms with Crippen molar-refractivity contribution in [2.45, 2.75) is 19.4 Å². The lowest BCUT2D eigenvalue weighted by atomic mass is 10.1.